The highest BCUT2D eigenvalue weighted by Crippen LogP contribution is 2.31. The average Bonchev–Trinajstić information content (AvgIpc) is 2.36. The number of carbonyl (C=O) groups is 1. The minimum atomic E-state index is -0.998. The van der Waals surface area contributed by atoms with Crippen molar-refractivity contribution in [2.24, 2.45) is 0 Å². The van der Waals surface area contributed by atoms with E-state index in [1.54, 1.807) is 25.3 Å². The fourth-order valence-corrected chi connectivity index (χ4v) is 1.47. The highest BCUT2D eigenvalue weighted by molar-refractivity contribution is 5.86. The Bertz CT molecular complexity index is 455. The van der Waals surface area contributed by atoms with Crippen LogP contribution >= 0.6 is 0 Å². The second-order valence-corrected chi connectivity index (χ2v) is 4.20. The van der Waals surface area contributed by atoms with Crippen molar-refractivity contribution in [3.63, 3.8) is 0 Å². The van der Waals surface area contributed by atoms with Crippen LogP contribution in [-0.2, 0) is 4.79 Å². The number of hydrogen-bond acceptors (Lipinski definition) is 4. The smallest absolute Gasteiger partial charge is 0.328 e. The van der Waals surface area contributed by atoms with Gasteiger partial charge in [-0.25, -0.2) is 4.79 Å². The lowest BCUT2D eigenvalue weighted by molar-refractivity contribution is -0.131. The van der Waals surface area contributed by atoms with Crippen molar-refractivity contribution in [2.45, 2.75) is 0 Å². The largest absolute Gasteiger partial charge is 0.493 e. The molecule has 0 heterocycles. The summed E-state index contributed by atoms with van der Waals surface area (Å²) in [6.45, 7) is 1.27. The summed E-state index contributed by atoms with van der Waals surface area (Å²) in [4.78, 5) is 12.6. The lowest BCUT2D eigenvalue weighted by Crippen LogP contribution is -2.19. The third-order valence-corrected chi connectivity index (χ3v) is 2.42. The van der Waals surface area contributed by atoms with Gasteiger partial charge in [0.2, 0.25) is 0 Å². The molecule has 0 radical (unpaired) electrons. The molecule has 1 rings (SSSR count). The number of ether oxygens (including phenoxy) is 2. The number of likely N-dealkylation sites (N-methyl/N-ethyl adjacent to an activating group) is 1. The Hall–Kier alpha value is -2.01. The standard InChI is InChI=1S/C14H19NO4/c1-15(2)9-10-19-14-11(7-8-13(16)17)5-4-6-12(14)18-3/h4-8H,9-10H2,1-3H3,(H,16,17). The molecular formula is C14H19NO4. The molecule has 0 atom stereocenters. The topological polar surface area (TPSA) is 59.0 Å². The number of para-hydroxylation sites is 1. The molecule has 0 aromatic heterocycles. The van der Waals surface area contributed by atoms with E-state index in [1.807, 2.05) is 19.0 Å². The molecule has 5 nitrogen and oxygen atoms in total. The quantitative estimate of drug-likeness (QED) is 0.761. The first-order chi connectivity index (χ1) is 9.04. The van der Waals surface area contributed by atoms with E-state index in [9.17, 15) is 4.79 Å². The van der Waals surface area contributed by atoms with Crippen molar-refractivity contribution in [1.82, 2.24) is 4.90 Å². The number of carboxylic acids is 1. The molecule has 0 aliphatic heterocycles. The van der Waals surface area contributed by atoms with Gasteiger partial charge in [0.1, 0.15) is 6.61 Å². The summed E-state index contributed by atoms with van der Waals surface area (Å²) < 4.78 is 10.9. The van der Waals surface area contributed by atoms with Crippen molar-refractivity contribution >= 4 is 12.0 Å². The summed E-state index contributed by atoms with van der Waals surface area (Å²) in [5, 5.41) is 8.68. The first kappa shape index (κ1) is 15.0. The molecule has 0 amide bonds. The van der Waals surface area contributed by atoms with Gasteiger partial charge in [-0.2, -0.15) is 0 Å². The fraction of sp³-hybridized carbons (Fsp3) is 0.357. The first-order valence-electron chi connectivity index (χ1n) is 5.90. The van der Waals surface area contributed by atoms with Crippen molar-refractivity contribution in [3.8, 4) is 11.5 Å². The Morgan fingerprint density at radius 3 is 2.74 bits per heavy atom. The van der Waals surface area contributed by atoms with Crippen LogP contribution in [0, 0.1) is 0 Å². The first-order valence-corrected chi connectivity index (χ1v) is 5.90. The molecule has 0 unspecified atom stereocenters. The van der Waals surface area contributed by atoms with Gasteiger partial charge in [0, 0.05) is 18.2 Å². The van der Waals surface area contributed by atoms with Crippen LogP contribution in [0.3, 0.4) is 0 Å². The molecule has 1 aromatic rings. The lowest BCUT2D eigenvalue weighted by Gasteiger charge is -2.15. The minimum Gasteiger partial charge on any atom is -0.493 e. The van der Waals surface area contributed by atoms with Crippen LogP contribution in [0.25, 0.3) is 6.08 Å². The highest BCUT2D eigenvalue weighted by Gasteiger charge is 2.09. The van der Waals surface area contributed by atoms with Crippen molar-refractivity contribution in [2.75, 3.05) is 34.4 Å². The average molecular weight is 265 g/mol. The fourth-order valence-electron chi connectivity index (χ4n) is 1.47. The molecule has 19 heavy (non-hydrogen) atoms. The van der Waals surface area contributed by atoms with Crippen LogP contribution in [0.5, 0.6) is 11.5 Å². The van der Waals surface area contributed by atoms with Crippen molar-refractivity contribution in [3.05, 3.63) is 29.8 Å². The van der Waals surface area contributed by atoms with Gasteiger partial charge in [0.15, 0.2) is 11.5 Å². The van der Waals surface area contributed by atoms with E-state index in [0.29, 0.717) is 23.7 Å². The van der Waals surface area contributed by atoms with Crippen LogP contribution in [0.1, 0.15) is 5.56 Å². The van der Waals surface area contributed by atoms with Crippen LogP contribution in [0.4, 0.5) is 0 Å². The second-order valence-electron chi connectivity index (χ2n) is 4.20. The third-order valence-electron chi connectivity index (χ3n) is 2.42. The molecule has 1 N–H and O–H groups in total. The van der Waals surface area contributed by atoms with E-state index in [4.69, 9.17) is 14.6 Å². The van der Waals surface area contributed by atoms with Crippen LogP contribution in [0.2, 0.25) is 0 Å². The van der Waals surface area contributed by atoms with E-state index >= 15 is 0 Å². The van der Waals surface area contributed by atoms with Gasteiger partial charge in [-0.1, -0.05) is 12.1 Å². The maximum absolute atomic E-state index is 10.6. The van der Waals surface area contributed by atoms with E-state index < -0.39 is 5.97 Å². The summed E-state index contributed by atoms with van der Waals surface area (Å²) in [7, 11) is 5.46. The highest BCUT2D eigenvalue weighted by atomic mass is 16.5. The number of hydrogen-bond donors (Lipinski definition) is 1. The molecule has 0 spiro atoms. The minimum absolute atomic E-state index is 0.501. The molecule has 0 aliphatic rings. The molecule has 104 valence electrons. The molecule has 1 aromatic carbocycles. The van der Waals surface area contributed by atoms with Crippen molar-refractivity contribution < 1.29 is 19.4 Å². The normalized spacial score (nSPS) is 10.9. The Morgan fingerprint density at radius 2 is 2.16 bits per heavy atom. The zero-order valence-corrected chi connectivity index (χ0v) is 11.4. The molecule has 0 fully saturated rings. The summed E-state index contributed by atoms with van der Waals surface area (Å²) in [5.41, 5.74) is 0.681. The molecular weight excluding hydrogens is 246 g/mol. The number of aliphatic carboxylic acids is 1. The monoisotopic (exact) mass is 265 g/mol. The van der Waals surface area contributed by atoms with Gasteiger partial charge >= 0.3 is 5.97 Å². The van der Waals surface area contributed by atoms with Gasteiger partial charge in [0.25, 0.3) is 0 Å². The maximum Gasteiger partial charge on any atom is 0.328 e. The van der Waals surface area contributed by atoms with E-state index in [2.05, 4.69) is 0 Å². The Morgan fingerprint density at radius 1 is 1.42 bits per heavy atom. The van der Waals surface area contributed by atoms with Gasteiger partial charge in [-0.3, -0.25) is 0 Å². The van der Waals surface area contributed by atoms with Gasteiger partial charge < -0.3 is 19.5 Å². The van der Waals surface area contributed by atoms with Crippen LogP contribution < -0.4 is 9.47 Å². The number of carboxylic acid groups (broad SMARTS) is 1. The summed E-state index contributed by atoms with van der Waals surface area (Å²) in [6.07, 6.45) is 2.57. The second kappa shape index (κ2) is 7.43. The Kier molecular flexibility index (Phi) is 5.89. The van der Waals surface area contributed by atoms with E-state index in [0.717, 1.165) is 12.6 Å². The van der Waals surface area contributed by atoms with Crippen molar-refractivity contribution in [1.29, 1.82) is 0 Å². The SMILES string of the molecule is COc1cccc(C=CC(=O)O)c1OCCN(C)C. The van der Waals surface area contributed by atoms with Gasteiger partial charge in [-0.05, 0) is 26.2 Å². The molecule has 0 saturated heterocycles. The summed E-state index contributed by atoms with van der Waals surface area (Å²) in [6, 6.07) is 5.36. The van der Waals surface area contributed by atoms with Crippen LogP contribution in [0.15, 0.2) is 24.3 Å². The number of methoxy groups -OCH3 is 1. The predicted octanol–water partition coefficient (Wildman–Crippen LogP) is 1.73. The number of nitrogens with zero attached hydrogens (tertiary/aromatic N) is 1. The van der Waals surface area contributed by atoms with Crippen LogP contribution in [-0.4, -0.2) is 50.3 Å². The lowest BCUT2D eigenvalue weighted by atomic mass is 10.1. The summed E-state index contributed by atoms with van der Waals surface area (Å²) >= 11 is 0. The van der Waals surface area contributed by atoms with E-state index in [1.165, 1.54) is 6.08 Å². The third kappa shape index (κ3) is 5.01. The van der Waals surface area contributed by atoms with Gasteiger partial charge in [0.05, 0.1) is 7.11 Å². The number of benzene rings is 1. The molecule has 0 aliphatic carbocycles. The zero-order chi connectivity index (χ0) is 14.3. The molecule has 0 bridgehead atoms. The van der Waals surface area contributed by atoms with E-state index in [-0.39, 0.29) is 0 Å². The summed E-state index contributed by atoms with van der Waals surface area (Å²) in [5.74, 6) is 0.151. The maximum atomic E-state index is 10.6. The van der Waals surface area contributed by atoms with Gasteiger partial charge in [-0.15, -0.1) is 0 Å². The molecule has 0 saturated carbocycles. The predicted molar refractivity (Wildman–Crippen MR) is 73.7 cm³/mol. The Labute approximate surface area is 113 Å². The zero-order valence-electron chi connectivity index (χ0n) is 11.4. The number of rotatable bonds is 7. The Balaban J connectivity index is 2.92. The molecule has 5 heteroatoms.